The van der Waals surface area contributed by atoms with Crippen LogP contribution in [0.5, 0.6) is 0 Å². The van der Waals surface area contributed by atoms with Crippen molar-refractivity contribution in [3.8, 4) is 0 Å². The highest BCUT2D eigenvalue weighted by Gasteiger charge is 2.19. The Kier molecular flexibility index (Phi) is 10.7. The SMILES string of the molecule is CCC(=O)N[C@H](Cc1ccccc1)C(=O)O.COC(=O)[C@@H](N)Cc1ccccc1. The number of carboxylic acid groups (broad SMARTS) is 1. The van der Waals surface area contributed by atoms with Gasteiger partial charge in [-0.2, -0.15) is 0 Å². The van der Waals surface area contributed by atoms with E-state index in [4.69, 9.17) is 10.8 Å². The predicted octanol–water partition coefficient (Wildman–Crippen LogP) is 1.94. The lowest BCUT2D eigenvalue weighted by Crippen LogP contribution is -2.42. The van der Waals surface area contributed by atoms with Gasteiger partial charge >= 0.3 is 11.9 Å². The second-order valence-corrected chi connectivity index (χ2v) is 6.32. The third kappa shape index (κ3) is 9.53. The van der Waals surface area contributed by atoms with Crippen LogP contribution < -0.4 is 11.1 Å². The molecule has 0 saturated heterocycles. The number of carboxylic acids is 1. The molecule has 0 unspecified atom stereocenters. The molecular formula is C22H28N2O5. The van der Waals surface area contributed by atoms with Gasteiger partial charge < -0.3 is 20.9 Å². The smallest absolute Gasteiger partial charge is 0.326 e. The molecule has 0 radical (unpaired) electrons. The molecule has 0 fully saturated rings. The van der Waals surface area contributed by atoms with Crippen LogP contribution in [0.4, 0.5) is 0 Å². The van der Waals surface area contributed by atoms with Crippen molar-refractivity contribution in [2.45, 2.75) is 38.3 Å². The van der Waals surface area contributed by atoms with Crippen molar-refractivity contribution < 1.29 is 24.2 Å². The Morgan fingerprint density at radius 1 is 0.966 bits per heavy atom. The molecule has 0 aliphatic carbocycles. The van der Waals surface area contributed by atoms with Crippen molar-refractivity contribution in [2.75, 3.05) is 7.11 Å². The Morgan fingerprint density at radius 3 is 1.86 bits per heavy atom. The molecular weight excluding hydrogens is 372 g/mol. The molecule has 29 heavy (non-hydrogen) atoms. The van der Waals surface area contributed by atoms with E-state index in [0.29, 0.717) is 19.3 Å². The maximum Gasteiger partial charge on any atom is 0.326 e. The summed E-state index contributed by atoms with van der Waals surface area (Å²) in [7, 11) is 1.34. The van der Waals surface area contributed by atoms with Gasteiger partial charge in [0, 0.05) is 12.8 Å². The Morgan fingerprint density at radius 2 is 1.45 bits per heavy atom. The normalized spacial score (nSPS) is 12.0. The summed E-state index contributed by atoms with van der Waals surface area (Å²) in [5.41, 5.74) is 7.52. The third-order valence-corrected chi connectivity index (χ3v) is 4.04. The van der Waals surface area contributed by atoms with Gasteiger partial charge in [-0.25, -0.2) is 4.79 Å². The zero-order valence-corrected chi connectivity index (χ0v) is 16.7. The Balaban J connectivity index is 0.000000296. The number of nitrogens with two attached hydrogens (primary N) is 1. The van der Waals surface area contributed by atoms with Crippen molar-refractivity contribution in [3.05, 3.63) is 71.8 Å². The van der Waals surface area contributed by atoms with Crippen LogP contribution in [0.1, 0.15) is 24.5 Å². The molecule has 0 spiro atoms. The minimum atomic E-state index is -1.01. The fraction of sp³-hybridized carbons (Fsp3) is 0.318. The highest BCUT2D eigenvalue weighted by Crippen LogP contribution is 2.04. The summed E-state index contributed by atoms with van der Waals surface area (Å²) in [6.45, 7) is 1.69. The van der Waals surface area contributed by atoms with Gasteiger partial charge in [0.1, 0.15) is 12.1 Å². The van der Waals surface area contributed by atoms with Gasteiger partial charge in [0.25, 0.3) is 0 Å². The zero-order chi connectivity index (χ0) is 21.6. The highest BCUT2D eigenvalue weighted by atomic mass is 16.5. The molecule has 7 heteroatoms. The summed E-state index contributed by atoms with van der Waals surface area (Å²) in [4.78, 5) is 33.1. The summed E-state index contributed by atoms with van der Waals surface area (Å²) in [6.07, 6.45) is 1.12. The molecule has 2 aromatic carbocycles. The molecule has 0 heterocycles. The number of nitrogens with one attached hydrogen (secondary N) is 1. The Hall–Kier alpha value is -3.19. The molecule has 0 aliphatic heterocycles. The maximum atomic E-state index is 11.1. The van der Waals surface area contributed by atoms with Crippen LogP contribution in [0.15, 0.2) is 60.7 Å². The number of aliphatic carboxylic acids is 1. The zero-order valence-electron chi connectivity index (χ0n) is 16.7. The number of hydrogen-bond acceptors (Lipinski definition) is 5. The van der Waals surface area contributed by atoms with Crippen molar-refractivity contribution in [1.82, 2.24) is 5.32 Å². The average molecular weight is 400 g/mol. The Labute approximate surface area is 170 Å². The van der Waals surface area contributed by atoms with Gasteiger partial charge in [-0.05, 0) is 17.5 Å². The van der Waals surface area contributed by atoms with E-state index >= 15 is 0 Å². The summed E-state index contributed by atoms with van der Waals surface area (Å²) in [6, 6.07) is 17.4. The van der Waals surface area contributed by atoms with Crippen molar-refractivity contribution >= 4 is 17.8 Å². The largest absolute Gasteiger partial charge is 0.480 e. The maximum absolute atomic E-state index is 11.1. The van der Waals surface area contributed by atoms with Crippen LogP contribution in [-0.2, 0) is 32.0 Å². The molecule has 0 bridgehead atoms. The molecule has 2 atom stereocenters. The van der Waals surface area contributed by atoms with Crippen LogP contribution >= 0.6 is 0 Å². The molecule has 156 valence electrons. The van der Waals surface area contributed by atoms with Crippen LogP contribution in [0.3, 0.4) is 0 Å². The van der Waals surface area contributed by atoms with Crippen molar-refractivity contribution in [3.63, 3.8) is 0 Å². The van der Waals surface area contributed by atoms with Gasteiger partial charge in [-0.3, -0.25) is 9.59 Å². The standard InChI is InChI=1S/C12H15NO3.C10H13NO2/c1-2-11(14)13-10(12(15)16)8-9-6-4-3-5-7-9;1-13-10(12)9(11)7-8-5-3-2-4-6-8/h3-7,10H,2,8H2,1H3,(H,13,14)(H,15,16);2-6,9H,7,11H2,1H3/t10-;9-/m10/s1. The van der Waals surface area contributed by atoms with Crippen LogP contribution in [0, 0.1) is 0 Å². The summed E-state index contributed by atoms with van der Waals surface area (Å²) in [5, 5.41) is 11.4. The molecule has 1 amide bonds. The lowest BCUT2D eigenvalue weighted by molar-refractivity contribution is -0.142. The van der Waals surface area contributed by atoms with E-state index in [1.807, 2.05) is 60.7 Å². The first-order valence-corrected chi connectivity index (χ1v) is 9.30. The van der Waals surface area contributed by atoms with E-state index in [1.165, 1.54) is 7.11 Å². The number of hydrogen-bond donors (Lipinski definition) is 3. The van der Waals surface area contributed by atoms with Gasteiger partial charge in [-0.1, -0.05) is 67.6 Å². The second-order valence-electron chi connectivity index (χ2n) is 6.32. The van der Waals surface area contributed by atoms with Crippen molar-refractivity contribution in [2.24, 2.45) is 5.73 Å². The van der Waals surface area contributed by atoms with E-state index in [9.17, 15) is 14.4 Å². The van der Waals surface area contributed by atoms with E-state index in [2.05, 4.69) is 10.1 Å². The molecule has 0 aliphatic rings. The summed E-state index contributed by atoms with van der Waals surface area (Å²) < 4.78 is 4.52. The van der Waals surface area contributed by atoms with E-state index in [0.717, 1.165) is 11.1 Å². The van der Waals surface area contributed by atoms with E-state index in [1.54, 1.807) is 6.92 Å². The van der Waals surface area contributed by atoms with Crippen LogP contribution in [0.25, 0.3) is 0 Å². The monoisotopic (exact) mass is 400 g/mol. The lowest BCUT2D eigenvalue weighted by Gasteiger charge is -2.13. The van der Waals surface area contributed by atoms with Gasteiger partial charge in [0.05, 0.1) is 7.11 Å². The number of esters is 1. The lowest BCUT2D eigenvalue weighted by atomic mass is 10.1. The number of carbonyl (C=O) groups is 3. The number of rotatable bonds is 8. The van der Waals surface area contributed by atoms with Gasteiger partial charge in [-0.15, -0.1) is 0 Å². The number of methoxy groups -OCH3 is 1. The predicted molar refractivity (Wildman–Crippen MR) is 110 cm³/mol. The fourth-order valence-corrected chi connectivity index (χ4v) is 2.45. The number of carbonyl (C=O) groups excluding carboxylic acids is 2. The fourth-order valence-electron chi connectivity index (χ4n) is 2.45. The second kappa shape index (κ2) is 13.1. The van der Waals surface area contributed by atoms with Gasteiger partial charge in [0.15, 0.2) is 0 Å². The van der Waals surface area contributed by atoms with Crippen LogP contribution in [-0.4, -0.2) is 42.1 Å². The van der Waals surface area contributed by atoms with E-state index in [-0.39, 0.29) is 11.9 Å². The summed E-state index contributed by atoms with van der Waals surface area (Å²) >= 11 is 0. The molecule has 2 rings (SSSR count). The minimum Gasteiger partial charge on any atom is -0.480 e. The van der Waals surface area contributed by atoms with Crippen LogP contribution in [0.2, 0.25) is 0 Å². The number of amides is 1. The third-order valence-electron chi connectivity index (χ3n) is 4.04. The van der Waals surface area contributed by atoms with Crippen molar-refractivity contribution in [1.29, 1.82) is 0 Å². The molecule has 2 aromatic rings. The first kappa shape index (κ1) is 23.8. The van der Waals surface area contributed by atoms with Gasteiger partial charge in [0.2, 0.25) is 5.91 Å². The first-order valence-electron chi connectivity index (χ1n) is 9.30. The minimum absolute atomic E-state index is 0.247. The van der Waals surface area contributed by atoms with E-state index < -0.39 is 18.1 Å². The average Bonchev–Trinajstić information content (AvgIpc) is 2.74. The molecule has 0 saturated carbocycles. The molecule has 7 nitrogen and oxygen atoms in total. The first-order chi connectivity index (χ1) is 13.9. The number of benzene rings is 2. The topological polar surface area (TPSA) is 119 Å². The molecule has 4 N–H and O–H groups in total. The quantitative estimate of drug-likeness (QED) is 0.583. The number of ether oxygens (including phenoxy) is 1. The molecule has 0 aromatic heterocycles. The highest BCUT2D eigenvalue weighted by molar-refractivity contribution is 5.83. The summed E-state index contributed by atoms with van der Waals surface area (Å²) in [5.74, 6) is -1.63. The Bertz CT molecular complexity index is 765.